The molecule has 2 aromatic carbocycles. The Balaban J connectivity index is 2.34. The van der Waals surface area contributed by atoms with E-state index in [1.807, 2.05) is 37.3 Å². The van der Waals surface area contributed by atoms with Gasteiger partial charge in [-0.15, -0.1) is 0 Å². The lowest BCUT2D eigenvalue weighted by Crippen LogP contribution is -2.35. The van der Waals surface area contributed by atoms with E-state index in [0.29, 0.717) is 17.0 Å². The van der Waals surface area contributed by atoms with E-state index >= 15 is 0 Å². The minimum atomic E-state index is -0.646. The number of rotatable bonds is 3. The van der Waals surface area contributed by atoms with E-state index in [4.69, 9.17) is 17.3 Å². The van der Waals surface area contributed by atoms with Gasteiger partial charge in [0.25, 0.3) is 0 Å². The standard InChI is InChI=1S/C15H15ClFN/c1-15(18,11-6-3-2-4-7-11)10-12-13(16)8-5-9-14(12)17/h2-9H,10,18H2,1H3. The first-order valence-electron chi connectivity index (χ1n) is 5.78. The molecule has 2 N–H and O–H groups in total. The molecule has 18 heavy (non-hydrogen) atoms. The van der Waals surface area contributed by atoms with Crippen molar-refractivity contribution < 1.29 is 4.39 Å². The molecule has 0 radical (unpaired) electrons. The van der Waals surface area contributed by atoms with E-state index < -0.39 is 5.54 Å². The number of nitrogens with two attached hydrogens (primary N) is 1. The van der Waals surface area contributed by atoms with Gasteiger partial charge in [0.15, 0.2) is 0 Å². The Morgan fingerprint density at radius 2 is 1.78 bits per heavy atom. The Hall–Kier alpha value is -1.38. The summed E-state index contributed by atoms with van der Waals surface area (Å²) < 4.78 is 13.8. The van der Waals surface area contributed by atoms with Gasteiger partial charge in [0.2, 0.25) is 0 Å². The van der Waals surface area contributed by atoms with Crippen LogP contribution in [-0.2, 0) is 12.0 Å². The third-order valence-electron chi connectivity index (χ3n) is 3.04. The van der Waals surface area contributed by atoms with Crippen molar-refractivity contribution in [3.05, 3.63) is 70.5 Å². The monoisotopic (exact) mass is 263 g/mol. The van der Waals surface area contributed by atoms with Gasteiger partial charge in [0.05, 0.1) is 0 Å². The highest BCUT2D eigenvalue weighted by Crippen LogP contribution is 2.28. The first-order chi connectivity index (χ1) is 8.50. The van der Waals surface area contributed by atoms with Crippen molar-refractivity contribution in [3.63, 3.8) is 0 Å². The number of benzene rings is 2. The second kappa shape index (κ2) is 5.09. The molecule has 94 valence electrons. The maximum Gasteiger partial charge on any atom is 0.127 e. The topological polar surface area (TPSA) is 26.0 Å². The van der Waals surface area contributed by atoms with Crippen LogP contribution in [0.15, 0.2) is 48.5 Å². The van der Waals surface area contributed by atoms with Crippen LogP contribution in [-0.4, -0.2) is 0 Å². The first-order valence-corrected chi connectivity index (χ1v) is 6.16. The van der Waals surface area contributed by atoms with Gasteiger partial charge in [0.1, 0.15) is 5.82 Å². The zero-order valence-corrected chi connectivity index (χ0v) is 10.9. The molecule has 0 saturated carbocycles. The van der Waals surface area contributed by atoms with Gasteiger partial charge in [-0.05, 0) is 31.0 Å². The van der Waals surface area contributed by atoms with Crippen molar-refractivity contribution in [1.82, 2.24) is 0 Å². The molecule has 1 nitrogen and oxygen atoms in total. The summed E-state index contributed by atoms with van der Waals surface area (Å²) in [5.74, 6) is -0.310. The Bertz CT molecular complexity index is 517. The molecule has 0 heterocycles. The lowest BCUT2D eigenvalue weighted by molar-refractivity contribution is 0.475. The van der Waals surface area contributed by atoms with Crippen LogP contribution in [0.5, 0.6) is 0 Å². The third kappa shape index (κ3) is 2.71. The molecule has 0 fully saturated rings. The molecule has 2 aromatic rings. The van der Waals surface area contributed by atoms with Gasteiger partial charge in [-0.25, -0.2) is 4.39 Å². The molecule has 0 amide bonds. The van der Waals surface area contributed by atoms with Crippen molar-refractivity contribution in [2.75, 3.05) is 0 Å². The number of halogens is 2. The van der Waals surface area contributed by atoms with E-state index in [0.717, 1.165) is 5.56 Å². The summed E-state index contributed by atoms with van der Waals surface area (Å²) >= 11 is 6.03. The smallest absolute Gasteiger partial charge is 0.127 e. The number of hydrogen-bond donors (Lipinski definition) is 1. The Labute approximate surface area is 111 Å². The predicted octanol–water partition coefficient (Wildman–Crippen LogP) is 3.90. The summed E-state index contributed by atoms with van der Waals surface area (Å²) in [7, 11) is 0. The van der Waals surface area contributed by atoms with Crippen LogP contribution in [0.25, 0.3) is 0 Å². The molecule has 0 aromatic heterocycles. The van der Waals surface area contributed by atoms with Crippen molar-refractivity contribution in [2.45, 2.75) is 18.9 Å². The molecule has 0 aliphatic heterocycles. The van der Waals surface area contributed by atoms with E-state index in [9.17, 15) is 4.39 Å². The normalized spacial score (nSPS) is 14.2. The first kappa shape index (κ1) is 13.1. The fraction of sp³-hybridized carbons (Fsp3) is 0.200. The summed E-state index contributed by atoms with van der Waals surface area (Å²) in [5, 5.41) is 0.419. The minimum Gasteiger partial charge on any atom is -0.321 e. The maximum absolute atomic E-state index is 13.8. The Morgan fingerprint density at radius 3 is 2.39 bits per heavy atom. The molecule has 0 bridgehead atoms. The highest BCUT2D eigenvalue weighted by molar-refractivity contribution is 6.31. The number of hydrogen-bond acceptors (Lipinski definition) is 1. The van der Waals surface area contributed by atoms with Crippen molar-refractivity contribution in [1.29, 1.82) is 0 Å². The second-order valence-electron chi connectivity index (χ2n) is 4.66. The SMILES string of the molecule is CC(N)(Cc1c(F)cccc1Cl)c1ccccc1. The van der Waals surface area contributed by atoms with Crippen LogP contribution in [0.3, 0.4) is 0 Å². The molecular formula is C15H15ClFN. The molecule has 0 saturated heterocycles. The summed E-state index contributed by atoms with van der Waals surface area (Å²) in [5.41, 5.74) is 7.06. The zero-order chi connectivity index (χ0) is 13.2. The molecule has 1 atom stereocenters. The summed E-state index contributed by atoms with van der Waals surface area (Å²) in [6, 6.07) is 14.3. The van der Waals surface area contributed by atoms with Gasteiger partial charge in [-0.2, -0.15) is 0 Å². The molecule has 1 unspecified atom stereocenters. The molecule has 3 heteroatoms. The van der Waals surface area contributed by atoms with Crippen molar-refractivity contribution in [3.8, 4) is 0 Å². The second-order valence-corrected chi connectivity index (χ2v) is 5.07. The molecule has 2 rings (SSSR count). The fourth-order valence-electron chi connectivity index (χ4n) is 1.99. The van der Waals surface area contributed by atoms with Crippen LogP contribution in [0.1, 0.15) is 18.1 Å². The zero-order valence-electron chi connectivity index (χ0n) is 10.2. The summed E-state index contributed by atoms with van der Waals surface area (Å²) in [6.45, 7) is 1.88. The lowest BCUT2D eigenvalue weighted by atomic mass is 9.86. The Morgan fingerprint density at radius 1 is 1.11 bits per heavy atom. The highest BCUT2D eigenvalue weighted by Gasteiger charge is 2.24. The average molecular weight is 264 g/mol. The van der Waals surface area contributed by atoms with E-state index in [1.54, 1.807) is 12.1 Å². The van der Waals surface area contributed by atoms with Crippen LogP contribution >= 0.6 is 11.6 Å². The summed E-state index contributed by atoms with van der Waals surface area (Å²) in [6.07, 6.45) is 0.364. The van der Waals surface area contributed by atoms with Gasteiger partial charge in [-0.3, -0.25) is 0 Å². The van der Waals surface area contributed by atoms with Gasteiger partial charge >= 0.3 is 0 Å². The quantitative estimate of drug-likeness (QED) is 0.893. The molecular weight excluding hydrogens is 249 g/mol. The predicted molar refractivity (Wildman–Crippen MR) is 73.1 cm³/mol. The van der Waals surface area contributed by atoms with E-state index in [2.05, 4.69) is 0 Å². The van der Waals surface area contributed by atoms with Gasteiger partial charge < -0.3 is 5.73 Å². The highest BCUT2D eigenvalue weighted by atomic mass is 35.5. The third-order valence-corrected chi connectivity index (χ3v) is 3.39. The van der Waals surface area contributed by atoms with Crippen LogP contribution in [0.2, 0.25) is 5.02 Å². The average Bonchev–Trinajstić information content (AvgIpc) is 2.35. The van der Waals surface area contributed by atoms with Crippen LogP contribution < -0.4 is 5.73 Å². The largest absolute Gasteiger partial charge is 0.321 e. The maximum atomic E-state index is 13.8. The molecule has 0 aliphatic carbocycles. The molecule has 0 aliphatic rings. The summed E-state index contributed by atoms with van der Waals surface area (Å²) in [4.78, 5) is 0. The Kier molecular flexibility index (Phi) is 3.69. The van der Waals surface area contributed by atoms with Crippen molar-refractivity contribution in [2.24, 2.45) is 5.73 Å². The fourth-order valence-corrected chi connectivity index (χ4v) is 2.22. The van der Waals surface area contributed by atoms with Gasteiger partial charge in [0, 0.05) is 16.1 Å². The minimum absolute atomic E-state index is 0.310. The van der Waals surface area contributed by atoms with Crippen molar-refractivity contribution >= 4 is 11.6 Å². The molecule has 0 spiro atoms. The van der Waals surface area contributed by atoms with E-state index in [-0.39, 0.29) is 5.82 Å². The van der Waals surface area contributed by atoms with E-state index in [1.165, 1.54) is 6.07 Å². The van der Waals surface area contributed by atoms with Gasteiger partial charge in [-0.1, -0.05) is 48.0 Å². The van der Waals surface area contributed by atoms with Crippen LogP contribution in [0, 0.1) is 5.82 Å². The van der Waals surface area contributed by atoms with Crippen LogP contribution in [0.4, 0.5) is 4.39 Å². The lowest BCUT2D eigenvalue weighted by Gasteiger charge is -2.26.